The number of benzene rings is 2. The number of aromatic hydroxyl groups is 1. The summed E-state index contributed by atoms with van der Waals surface area (Å²) in [5.41, 5.74) is 1.96. The molecule has 2 heterocycles. The van der Waals surface area contributed by atoms with Crippen LogP contribution in [0.1, 0.15) is 5.56 Å². The van der Waals surface area contributed by atoms with Crippen molar-refractivity contribution in [1.29, 1.82) is 0 Å². The smallest absolute Gasteiger partial charge is 0.259 e. The molecule has 1 aromatic heterocycles. The van der Waals surface area contributed by atoms with E-state index in [0.717, 1.165) is 16.5 Å². The number of phenols is 1. The van der Waals surface area contributed by atoms with Crippen molar-refractivity contribution in [3.8, 4) is 5.75 Å². The molecular weight excluding hydrogens is 326 g/mol. The molecule has 0 fully saturated rings. The minimum Gasteiger partial charge on any atom is -0.507 e. The van der Waals surface area contributed by atoms with Crippen molar-refractivity contribution in [3.05, 3.63) is 65.4 Å². The largest absolute Gasteiger partial charge is 0.507 e. The number of nitrogens with one attached hydrogen (secondary N) is 2. The number of nitrogens with zero attached hydrogens (tertiary/aromatic N) is 1. The molecule has 24 heavy (non-hydrogen) atoms. The van der Waals surface area contributed by atoms with Crippen molar-refractivity contribution in [1.82, 2.24) is 4.98 Å². The van der Waals surface area contributed by atoms with Crippen LogP contribution in [0.3, 0.4) is 0 Å². The monoisotopic (exact) mass is 337 g/mol. The number of pyridine rings is 1. The molecule has 0 aliphatic carbocycles. The molecule has 4 rings (SSSR count). The van der Waals surface area contributed by atoms with Gasteiger partial charge in [0.05, 0.1) is 5.57 Å². The second-order valence-electron chi connectivity index (χ2n) is 5.36. The highest BCUT2D eigenvalue weighted by Gasteiger charge is 2.25. The molecule has 0 atom stereocenters. The lowest BCUT2D eigenvalue weighted by Gasteiger charge is -2.08. The fourth-order valence-electron chi connectivity index (χ4n) is 2.75. The number of hydrogen-bond donors (Lipinski definition) is 3. The van der Waals surface area contributed by atoms with Gasteiger partial charge in [-0.15, -0.1) is 0 Å². The standard InChI is InChI=1S/C18H12ClN3O2/c19-16-8-5-12-13(18(24)22-17(12)21-16)9-20-14-6-7-15(23)11-4-2-1-3-10(11)14/h1-9,20,23H,(H,21,22,24)/b13-9-. The Bertz CT molecular complexity index is 1010. The summed E-state index contributed by atoms with van der Waals surface area (Å²) in [6.07, 6.45) is 1.63. The number of fused-ring (bicyclic) bond motifs is 2. The van der Waals surface area contributed by atoms with Crippen LogP contribution in [0, 0.1) is 0 Å². The van der Waals surface area contributed by atoms with Crippen molar-refractivity contribution in [2.24, 2.45) is 0 Å². The molecule has 0 saturated heterocycles. The Balaban J connectivity index is 1.74. The summed E-state index contributed by atoms with van der Waals surface area (Å²) in [7, 11) is 0. The van der Waals surface area contributed by atoms with Crippen LogP contribution in [0.5, 0.6) is 5.75 Å². The third-order valence-corrected chi connectivity index (χ3v) is 4.11. The van der Waals surface area contributed by atoms with Crippen LogP contribution in [0.2, 0.25) is 5.15 Å². The van der Waals surface area contributed by atoms with E-state index in [2.05, 4.69) is 15.6 Å². The van der Waals surface area contributed by atoms with E-state index >= 15 is 0 Å². The van der Waals surface area contributed by atoms with Crippen molar-refractivity contribution in [2.45, 2.75) is 0 Å². The fraction of sp³-hybridized carbons (Fsp3) is 0. The van der Waals surface area contributed by atoms with Crippen molar-refractivity contribution in [2.75, 3.05) is 10.6 Å². The van der Waals surface area contributed by atoms with Gasteiger partial charge < -0.3 is 15.7 Å². The minimum absolute atomic E-state index is 0.214. The molecule has 0 radical (unpaired) electrons. The van der Waals surface area contributed by atoms with Crippen molar-refractivity contribution < 1.29 is 9.90 Å². The molecule has 0 bridgehead atoms. The van der Waals surface area contributed by atoms with Gasteiger partial charge in [-0.2, -0.15) is 0 Å². The Labute approximate surface area is 142 Å². The summed E-state index contributed by atoms with van der Waals surface area (Å²) in [5, 5.41) is 17.7. The fourth-order valence-corrected chi connectivity index (χ4v) is 2.89. The summed E-state index contributed by atoms with van der Waals surface area (Å²) in [6.45, 7) is 0. The number of halogens is 1. The molecule has 2 aromatic carbocycles. The summed E-state index contributed by atoms with van der Waals surface area (Å²) >= 11 is 5.85. The number of hydrogen-bond acceptors (Lipinski definition) is 4. The lowest BCUT2D eigenvalue weighted by Crippen LogP contribution is -2.05. The third-order valence-electron chi connectivity index (χ3n) is 3.90. The average molecular weight is 338 g/mol. The summed E-state index contributed by atoms with van der Waals surface area (Å²) < 4.78 is 0. The summed E-state index contributed by atoms with van der Waals surface area (Å²) in [5.74, 6) is 0.429. The van der Waals surface area contributed by atoms with Crippen LogP contribution in [0.4, 0.5) is 11.5 Å². The molecule has 3 N–H and O–H groups in total. The van der Waals surface area contributed by atoms with Gasteiger partial charge in [-0.1, -0.05) is 35.9 Å². The van der Waals surface area contributed by atoms with Crippen molar-refractivity contribution >= 4 is 45.4 Å². The average Bonchev–Trinajstić information content (AvgIpc) is 2.89. The van der Waals surface area contributed by atoms with E-state index < -0.39 is 0 Å². The van der Waals surface area contributed by atoms with E-state index in [1.807, 2.05) is 24.3 Å². The van der Waals surface area contributed by atoms with Crippen LogP contribution in [0.15, 0.2) is 54.7 Å². The summed E-state index contributed by atoms with van der Waals surface area (Å²) in [6, 6.07) is 14.3. The van der Waals surface area contributed by atoms with Gasteiger partial charge in [-0.05, 0) is 24.3 Å². The Morgan fingerprint density at radius 3 is 2.71 bits per heavy atom. The molecule has 0 unspecified atom stereocenters. The highest BCUT2D eigenvalue weighted by molar-refractivity contribution is 6.33. The van der Waals surface area contributed by atoms with Crippen molar-refractivity contribution in [3.63, 3.8) is 0 Å². The van der Waals surface area contributed by atoms with Crippen LogP contribution >= 0.6 is 11.6 Å². The first-order valence-corrected chi connectivity index (χ1v) is 7.67. The maximum atomic E-state index is 12.1. The zero-order chi connectivity index (χ0) is 16.7. The minimum atomic E-state index is -0.240. The highest BCUT2D eigenvalue weighted by Crippen LogP contribution is 2.33. The molecule has 118 valence electrons. The first-order valence-electron chi connectivity index (χ1n) is 7.29. The Morgan fingerprint density at radius 2 is 1.88 bits per heavy atom. The van der Waals surface area contributed by atoms with E-state index in [1.165, 1.54) is 0 Å². The van der Waals surface area contributed by atoms with E-state index in [-0.39, 0.29) is 11.7 Å². The maximum Gasteiger partial charge on any atom is 0.259 e. The number of amides is 1. The molecule has 1 aliphatic rings. The lowest BCUT2D eigenvalue weighted by molar-refractivity contribution is -0.110. The zero-order valence-corrected chi connectivity index (χ0v) is 13.1. The molecule has 0 saturated carbocycles. The Morgan fingerprint density at radius 1 is 1.08 bits per heavy atom. The van der Waals surface area contributed by atoms with Crippen LogP contribution in [0.25, 0.3) is 16.3 Å². The van der Waals surface area contributed by atoms with Gasteiger partial charge in [0.15, 0.2) is 0 Å². The van der Waals surface area contributed by atoms with E-state index in [9.17, 15) is 9.90 Å². The Hall–Kier alpha value is -3.05. The predicted octanol–water partition coefficient (Wildman–Crippen LogP) is 4.00. The molecule has 0 spiro atoms. The van der Waals surface area contributed by atoms with Gasteiger partial charge in [0.25, 0.3) is 5.91 Å². The number of carbonyl (C=O) groups excluding carboxylic acids is 1. The van der Waals surface area contributed by atoms with Crippen LogP contribution in [-0.4, -0.2) is 16.0 Å². The molecule has 1 aliphatic heterocycles. The molecule has 6 heteroatoms. The number of anilines is 2. The quantitative estimate of drug-likeness (QED) is 0.375. The SMILES string of the molecule is O=C1Nc2nc(Cl)ccc2/C1=C/Nc1ccc(O)c2ccccc12. The number of aromatic nitrogens is 1. The van der Waals surface area contributed by atoms with Crippen LogP contribution < -0.4 is 10.6 Å². The predicted molar refractivity (Wildman–Crippen MR) is 95.1 cm³/mol. The van der Waals surface area contributed by atoms with E-state index in [4.69, 9.17) is 11.6 Å². The molecular formula is C18H12ClN3O2. The summed E-state index contributed by atoms with van der Waals surface area (Å²) in [4.78, 5) is 16.2. The van der Waals surface area contributed by atoms with E-state index in [1.54, 1.807) is 30.5 Å². The van der Waals surface area contributed by atoms with Gasteiger partial charge in [0.2, 0.25) is 0 Å². The first-order chi connectivity index (χ1) is 11.6. The normalized spacial score (nSPS) is 14.7. The van der Waals surface area contributed by atoms with Gasteiger partial charge in [-0.3, -0.25) is 4.79 Å². The number of carbonyl (C=O) groups is 1. The Kier molecular flexibility index (Phi) is 3.36. The van der Waals surface area contributed by atoms with Gasteiger partial charge >= 0.3 is 0 Å². The van der Waals surface area contributed by atoms with E-state index in [0.29, 0.717) is 22.1 Å². The molecule has 5 nitrogen and oxygen atoms in total. The highest BCUT2D eigenvalue weighted by atomic mass is 35.5. The zero-order valence-electron chi connectivity index (χ0n) is 12.4. The number of rotatable bonds is 2. The third kappa shape index (κ3) is 2.35. The van der Waals surface area contributed by atoms with Gasteiger partial charge in [0, 0.05) is 28.2 Å². The first kappa shape index (κ1) is 14.5. The second-order valence-corrected chi connectivity index (χ2v) is 5.75. The lowest BCUT2D eigenvalue weighted by atomic mass is 10.1. The van der Waals surface area contributed by atoms with Gasteiger partial charge in [-0.25, -0.2) is 4.98 Å². The maximum absolute atomic E-state index is 12.1. The topological polar surface area (TPSA) is 74.2 Å². The van der Waals surface area contributed by atoms with Gasteiger partial charge in [0.1, 0.15) is 16.7 Å². The second kappa shape index (κ2) is 5.54. The molecule has 3 aromatic rings. The van der Waals surface area contributed by atoms with Crippen LogP contribution in [-0.2, 0) is 4.79 Å². The molecule has 1 amide bonds. The number of phenolic OH excluding ortho intramolecular Hbond substituents is 1.